The van der Waals surface area contributed by atoms with Crippen molar-refractivity contribution in [3.8, 4) is 0 Å². The number of aliphatic hydroxyl groups is 3. The van der Waals surface area contributed by atoms with Crippen molar-refractivity contribution in [2.24, 2.45) is 0 Å². The molecular weight excluding hydrogens is 216 g/mol. The fraction of sp³-hybridized carbons (Fsp3) is 0.857. The summed E-state index contributed by atoms with van der Waals surface area (Å²) in [5, 5.41) is 27.5. The van der Waals surface area contributed by atoms with Crippen LogP contribution in [-0.2, 0) is 14.3 Å². The van der Waals surface area contributed by atoms with Gasteiger partial charge in [-0.25, -0.2) is 0 Å². The lowest BCUT2D eigenvalue weighted by molar-refractivity contribution is -0.256. The maximum Gasteiger partial charge on any atom is 0.321 e. The second-order valence-electron chi connectivity index (χ2n) is 2.87. The van der Waals surface area contributed by atoms with Crippen molar-refractivity contribution in [3.05, 3.63) is 0 Å². The third kappa shape index (κ3) is 2.55. The topological polar surface area (TPSA) is 96.2 Å². The number of alkyl halides is 1. The van der Waals surface area contributed by atoms with E-state index in [1.165, 1.54) is 0 Å². The van der Waals surface area contributed by atoms with Crippen LogP contribution in [0.5, 0.6) is 0 Å². The number of hydrogen-bond donors (Lipinski definition) is 3. The van der Waals surface area contributed by atoms with Crippen LogP contribution < -0.4 is 0 Å². The van der Waals surface area contributed by atoms with Crippen molar-refractivity contribution in [3.63, 3.8) is 0 Å². The average Bonchev–Trinajstić information content (AvgIpc) is 2.19. The molecule has 82 valence electrons. The molecule has 0 amide bonds. The number of ether oxygens (including phenoxy) is 2. The molecule has 0 aromatic carbocycles. The molecule has 0 unspecified atom stereocenters. The molecule has 0 spiro atoms. The monoisotopic (exact) mass is 226 g/mol. The predicted molar refractivity (Wildman–Crippen MR) is 44.6 cm³/mol. The van der Waals surface area contributed by atoms with E-state index in [4.69, 9.17) is 21.8 Å². The lowest BCUT2D eigenvalue weighted by atomic mass is 10.1. The fourth-order valence-corrected chi connectivity index (χ4v) is 1.15. The Balaban J connectivity index is 2.50. The fourth-order valence-electron chi connectivity index (χ4n) is 1.08. The largest absolute Gasteiger partial charge is 0.456 e. The van der Waals surface area contributed by atoms with Crippen LogP contribution in [-0.4, -0.2) is 58.4 Å². The van der Waals surface area contributed by atoms with Crippen LogP contribution in [0.25, 0.3) is 0 Å². The maximum absolute atomic E-state index is 10.7. The van der Waals surface area contributed by atoms with Crippen LogP contribution >= 0.6 is 11.6 Å². The van der Waals surface area contributed by atoms with Crippen molar-refractivity contribution in [2.45, 2.75) is 24.6 Å². The van der Waals surface area contributed by atoms with Gasteiger partial charge in [0.1, 0.15) is 18.1 Å². The first kappa shape index (κ1) is 11.7. The minimum absolute atomic E-state index is 0.179. The minimum atomic E-state index is -1.49. The van der Waals surface area contributed by atoms with E-state index in [9.17, 15) is 9.90 Å². The van der Waals surface area contributed by atoms with Gasteiger partial charge in [-0.1, -0.05) is 0 Å². The molecule has 0 aromatic rings. The van der Waals surface area contributed by atoms with Gasteiger partial charge in [0.2, 0.25) is 0 Å². The normalized spacial score (nSPS) is 38.0. The zero-order valence-corrected chi connectivity index (χ0v) is 7.92. The van der Waals surface area contributed by atoms with Crippen molar-refractivity contribution >= 4 is 17.6 Å². The van der Waals surface area contributed by atoms with E-state index in [1.54, 1.807) is 0 Å². The number of carbonyl (C=O) groups is 1. The zero-order valence-electron chi connectivity index (χ0n) is 7.17. The van der Waals surface area contributed by atoms with Gasteiger partial charge in [-0.15, -0.1) is 11.6 Å². The summed E-state index contributed by atoms with van der Waals surface area (Å²) in [6.07, 6.45) is -5.32. The second kappa shape index (κ2) is 4.90. The number of esters is 1. The van der Waals surface area contributed by atoms with Crippen LogP contribution in [0, 0.1) is 0 Å². The number of halogens is 1. The van der Waals surface area contributed by atoms with Gasteiger partial charge < -0.3 is 24.8 Å². The van der Waals surface area contributed by atoms with Crippen molar-refractivity contribution in [1.82, 2.24) is 0 Å². The molecule has 0 saturated carbocycles. The Morgan fingerprint density at radius 2 is 2.07 bits per heavy atom. The smallest absolute Gasteiger partial charge is 0.321 e. The first-order valence-electron chi connectivity index (χ1n) is 3.97. The Hall–Kier alpha value is -0.400. The van der Waals surface area contributed by atoms with Crippen molar-refractivity contribution in [1.29, 1.82) is 0 Å². The van der Waals surface area contributed by atoms with Gasteiger partial charge in [-0.05, 0) is 0 Å². The standard InChI is InChI=1S/C7H11ClO6/c8-1-4(9)14-3-2-13-7(12)6(11)5(3)10/h3,5-7,10-12H,1-2H2/t3-,5+,6-,7-/m1/s1. The lowest BCUT2D eigenvalue weighted by Crippen LogP contribution is -2.54. The molecule has 0 bridgehead atoms. The van der Waals surface area contributed by atoms with Gasteiger partial charge in [0, 0.05) is 0 Å². The SMILES string of the molecule is O=C(CCl)O[C@@H]1CO[C@@H](O)[C@H](O)[C@H]1O. The van der Waals surface area contributed by atoms with Crippen LogP contribution in [0.4, 0.5) is 0 Å². The Kier molecular flexibility index (Phi) is 4.09. The molecule has 1 rings (SSSR count). The summed E-state index contributed by atoms with van der Waals surface area (Å²) in [5.74, 6) is -1.06. The minimum Gasteiger partial charge on any atom is -0.456 e. The van der Waals surface area contributed by atoms with Crippen molar-refractivity contribution < 1.29 is 29.6 Å². The van der Waals surface area contributed by atoms with Crippen molar-refractivity contribution in [2.75, 3.05) is 12.5 Å². The number of rotatable bonds is 2. The third-order valence-corrected chi connectivity index (χ3v) is 2.06. The van der Waals surface area contributed by atoms with E-state index >= 15 is 0 Å². The molecule has 4 atom stereocenters. The molecule has 1 fully saturated rings. The Labute approximate surface area is 85.0 Å². The molecule has 6 nitrogen and oxygen atoms in total. The summed E-state index contributed by atoms with van der Waals surface area (Å²) in [7, 11) is 0. The number of carbonyl (C=O) groups excluding carboxylic acids is 1. The summed E-state index contributed by atoms with van der Waals surface area (Å²) in [6, 6.07) is 0. The molecule has 1 aliphatic rings. The van der Waals surface area contributed by atoms with E-state index in [0.717, 1.165) is 0 Å². The van der Waals surface area contributed by atoms with Crippen LogP contribution in [0.2, 0.25) is 0 Å². The summed E-state index contributed by atoms with van der Waals surface area (Å²) >= 11 is 5.18. The summed E-state index contributed by atoms with van der Waals surface area (Å²) < 4.78 is 9.30. The van der Waals surface area contributed by atoms with E-state index < -0.39 is 30.6 Å². The lowest BCUT2D eigenvalue weighted by Gasteiger charge is -2.34. The Morgan fingerprint density at radius 3 is 2.64 bits per heavy atom. The first-order chi connectivity index (χ1) is 6.56. The van der Waals surface area contributed by atoms with Gasteiger partial charge in [0.15, 0.2) is 12.4 Å². The molecule has 1 aliphatic heterocycles. The van der Waals surface area contributed by atoms with E-state index in [-0.39, 0.29) is 12.5 Å². The highest BCUT2D eigenvalue weighted by molar-refractivity contribution is 6.26. The highest BCUT2D eigenvalue weighted by atomic mass is 35.5. The van der Waals surface area contributed by atoms with Crippen LogP contribution in [0.1, 0.15) is 0 Å². The molecule has 7 heteroatoms. The molecule has 0 aliphatic carbocycles. The van der Waals surface area contributed by atoms with E-state index in [1.807, 2.05) is 0 Å². The highest BCUT2D eigenvalue weighted by Crippen LogP contribution is 2.16. The van der Waals surface area contributed by atoms with Gasteiger partial charge in [0.25, 0.3) is 0 Å². The van der Waals surface area contributed by atoms with Gasteiger partial charge in [-0.3, -0.25) is 4.79 Å². The first-order valence-corrected chi connectivity index (χ1v) is 4.51. The van der Waals surface area contributed by atoms with E-state index in [0.29, 0.717) is 0 Å². The average molecular weight is 227 g/mol. The summed E-state index contributed by atoms with van der Waals surface area (Å²) in [5.41, 5.74) is 0. The Bertz CT molecular complexity index is 210. The second-order valence-corrected chi connectivity index (χ2v) is 3.13. The molecule has 14 heavy (non-hydrogen) atoms. The highest BCUT2D eigenvalue weighted by Gasteiger charge is 2.39. The molecule has 0 radical (unpaired) electrons. The molecule has 1 heterocycles. The van der Waals surface area contributed by atoms with E-state index in [2.05, 4.69) is 9.47 Å². The van der Waals surface area contributed by atoms with Gasteiger partial charge in [-0.2, -0.15) is 0 Å². The number of aliphatic hydroxyl groups excluding tert-OH is 3. The summed E-state index contributed by atoms with van der Waals surface area (Å²) in [4.78, 5) is 10.7. The Morgan fingerprint density at radius 1 is 1.43 bits per heavy atom. The van der Waals surface area contributed by atoms with Gasteiger partial charge in [0.05, 0.1) is 6.61 Å². The molecular formula is C7H11ClO6. The van der Waals surface area contributed by atoms with Crippen LogP contribution in [0.3, 0.4) is 0 Å². The number of hydrogen-bond acceptors (Lipinski definition) is 6. The maximum atomic E-state index is 10.7. The van der Waals surface area contributed by atoms with Crippen LogP contribution in [0.15, 0.2) is 0 Å². The molecule has 1 saturated heterocycles. The quantitative estimate of drug-likeness (QED) is 0.380. The zero-order chi connectivity index (χ0) is 10.7. The molecule has 3 N–H and O–H groups in total. The molecule has 0 aromatic heterocycles. The predicted octanol–water partition coefficient (Wildman–Crippen LogP) is -1.79. The summed E-state index contributed by atoms with van der Waals surface area (Å²) in [6.45, 7) is -0.179. The third-order valence-electron chi connectivity index (χ3n) is 1.85. The van der Waals surface area contributed by atoms with Gasteiger partial charge >= 0.3 is 5.97 Å².